The molecule has 1 atom stereocenters. The van der Waals surface area contributed by atoms with Gasteiger partial charge in [0.1, 0.15) is 5.82 Å². The van der Waals surface area contributed by atoms with Gasteiger partial charge in [0.2, 0.25) is 10.0 Å². The van der Waals surface area contributed by atoms with Gasteiger partial charge in [0.25, 0.3) is 0 Å². The van der Waals surface area contributed by atoms with Crippen LogP contribution in [0.3, 0.4) is 0 Å². The highest BCUT2D eigenvalue weighted by molar-refractivity contribution is 7.89. The molecule has 2 aliphatic rings. The number of hydrogen-bond donors (Lipinski definition) is 0. The summed E-state index contributed by atoms with van der Waals surface area (Å²) in [6, 6.07) is 6.50. The molecule has 23 heavy (non-hydrogen) atoms. The van der Waals surface area contributed by atoms with Gasteiger partial charge in [0.15, 0.2) is 0 Å². The van der Waals surface area contributed by atoms with Gasteiger partial charge in [-0.15, -0.1) is 0 Å². The number of nitrogens with zero attached hydrogens (tertiary/aromatic N) is 1. The average molecular weight is 341 g/mol. The van der Waals surface area contributed by atoms with Gasteiger partial charge in [-0.05, 0) is 55.2 Å². The molecule has 3 rings (SSSR count). The Kier molecular flexibility index (Phi) is 5.34. The Morgan fingerprint density at radius 2 is 1.78 bits per heavy atom. The lowest BCUT2D eigenvalue weighted by Crippen LogP contribution is -2.35. The Balaban J connectivity index is 1.54. The lowest BCUT2D eigenvalue weighted by molar-refractivity contribution is 0.0721. The van der Waals surface area contributed by atoms with Crippen molar-refractivity contribution in [3.05, 3.63) is 35.6 Å². The fourth-order valence-corrected chi connectivity index (χ4v) is 5.45. The quantitative estimate of drug-likeness (QED) is 0.826. The molecule has 128 valence electrons. The molecule has 0 aromatic heterocycles. The fourth-order valence-electron chi connectivity index (χ4n) is 3.49. The van der Waals surface area contributed by atoms with Crippen LogP contribution in [0.25, 0.3) is 0 Å². The molecule has 6 heteroatoms. The van der Waals surface area contributed by atoms with Crippen molar-refractivity contribution in [1.29, 1.82) is 0 Å². The molecule has 0 aliphatic carbocycles. The molecular weight excluding hydrogens is 317 g/mol. The van der Waals surface area contributed by atoms with Crippen LogP contribution in [0.1, 0.15) is 24.8 Å². The largest absolute Gasteiger partial charge is 0.381 e. The van der Waals surface area contributed by atoms with E-state index in [1.54, 1.807) is 16.4 Å². The molecule has 2 saturated heterocycles. The van der Waals surface area contributed by atoms with Crippen molar-refractivity contribution in [2.75, 3.05) is 32.1 Å². The lowest BCUT2D eigenvalue weighted by Gasteiger charge is -2.24. The molecule has 0 saturated carbocycles. The maximum Gasteiger partial charge on any atom is 0.214 e. The zero-order valence-corrected chi connectivity index (χ0v) is 14.1. The van der Waals surface area contributed by atoms with Crippen molar-refractivity contribution < 1.29 is 17.5 Å². The third kappa shape index (κ3) is 4.52. The third-order valence-electron chi connectivity index (χ3n) is 4.87. The van der Waals surface area contributed by atoms with E-state index in [4.69, 9.17) is 4.74 Å². The Hall–Kier alpha value is -0.980. The first-order chi connectivity index (χ1) is 11.0. The Morgan fingerprint density at radius 1 is 1.09 bits per heavy atom. The van der Waals surface area contributed by atoms with Crippen molar-refractivity contribution in [3.8, 4) is 0 Å². The summed E-state index contributed by atoms with van der Waals surface area (Å²) in [6.45, 7) is 2.54. The molecule has 4 nitrogen and oxygen atoms in total. The first-order valence-corrected chi connectivity index (χ1v) is 9.94. The number of benzene rings is 1. The van der Waals surface area contributed by atoms with E-state index < -0.39 is 10.0 Å². The summed E-state index contributed by atoms with van der Waals surface area (Å²) >= 11 is 0. The minimum Gasteiger partial charge on any atom is -0.381 e. The molecule has 0 N–H and O–H groups in total. The second-order valence-corrected chi connectivity index (χ2v) is 8.69. The third-order valence-corrected chi connectivity index (χ3v) is 6.88. The zero-order chi connectivity index (χ0) is 16.3. The molecule has 1 aromatic carbocycles. The summed E-state index contributed by atoms with van der Waals surface area (Å²) in [6.07, 6.45) is 3.37. The number of rotatable bonds is 5. The topological polar surface area (TPSA) is 46.6 Å². The minimum atomic E-state index is -3.17. The van der Waals surface area contributed by atoms with Crippen molar-refractivity contribution in [3.63, 3.8) is 0 Å². The number of sulfonamides is 1. The van der Waals surface area contributed by atoms with Gasteiger partial charge in [-0.1, -0.05) is 12.1 Å². The summed E-state index contributed by atoms with van der Waals surface area (Å²) in [5, 5.41) is 0. The predicted octanol–water partition coefficient (Wildman–Crippen LogP) is 2.45. The van der Waals surface area contributed by atoms with Crippen LogP contribution in [0.15, 0.2) is 24.3 Å². The highest BCUT2D eigenvalue weighted by Crippen LogP contribution is 2.26. The molecule has 0 radical (unpaired) electrons. The van der Waals surface area contributed by atoms with Gasteiger partial charge in [-0.25, -0.2) is 17.1 Å². The van der Waals surface area contributed by atoms with Gasteiger partial charge in [0.05, 0.1) is 5.75 Å². The van der Waals surface area contributed by atoms with Crippen LogP contribution in [0.4, 0.5) is 4.39 Å². The van der Waals surface area contributed by atoms with Crippen LogP contribution in [0.5, 0.6) is 0 Å². The normalized spacial score (nSPS) is 24.1. The number of halogens is 1. The summed E-state index contributed by atoms with van der Waals surface area (Å²) in [5.41, 5.74) is 1.07. The van der Waals surface area contributed by atoms with Crippen molar-refractivity contribution in [2.45, 2.75) is 25.7 Å². The van der Waals surface area contributed by atoms with E-state index in [1.165, 1.54) is 12.1 Å². The second kappa shape index (κ2) is 7.28. The minimum absolute atomic E-state index is 0.227. The van der Waals surface area contributed by atoms with E-state index in [9.17, 15) is 12.8 Å². The maximum atomic E-state index is 12.9. The highest BCUT2D eigenvalue weighted by atomic mass is 32.2. The van der Waals surface area contributed by atoms with Crippen LogP contribution in [-0.4, -0.2) is 44.8 Å². The summed E-state index contributed by atoms with van der Waals surface area (Å²) < 4.78 is 45.0. The van der Waals surface area contributed by atoms with Crippen LogP contribution < -0.4 is 0 Å². The lowest BCUT2D eigenvalue weighted by atomic mass is 9.99. The Bertz CT molecular complexity index is 611. The van der Waals surface area contributed by atoms with E-state index in [1.807, 2.05) is 0 Å². The fraction of sp³-hybridized carbons (Fsp3) is 0.647. The predicted molar refractivity (Wildman–Crippen MR) is 87.1 cm³/mol. The molecule has 2 aliphatic heterocycles. The molecule has 0 spiro atoms. The van der Waals surface area contributed by atoms with E-state index in [0.29, 0.717) is 32.2 Å². The number of ether oxygens (including phenoxy) is 1. The van der Waals surface area contributed by atoms with Crippen LogP contribution in [0.2, 0.25) is 0 Å². The second-order valence-electron chi connectivity index (χ2n) is 6.68. The molecule has 0 unspecified atom stereocenters. The SMILES string of the molecule is O=S(=O)(CC1CCOCC1)N1CC[C@@H](Cc2ccc(F)cc2)C1. The van der Waals surface area contributed by atoms with E-state index in [-0.39, 0.29) is 17.5 Å². The molecule has 0 amide bonds. The van der Waals surface area contributed by atoms with E-state index in [2.05, 4.69) is 0 Å². The first-order valence-electron chi connectivity index (χ1n) is 8.33. The average Bonchev–Trinajstić information content (AvgIpc) is 3.00. The maximum absolute atomic E-state index is 12.9. The van der Waals surface area contributed by atoms with Crippen LogP contribution >= 0.6 is 0 Å². The van der Waals surface area contributed by atoms with Crippen molar-refractivity contribution in [1.82, 2.24) is 4.31 Å². The van der Waals surface area contributed by atoms with Crippen molar-refractivity contribution >= 4 is 10.0 Å². The standard InChI is InChI=1S/C17H24FNO3S/c18-17-3-1-14(2-4-17)11-16-5-8-19(12-16)23(20,21)13-15-6-9-22-10-7-15/h1-4,15-16H,5-13H2/t16-/m0/s1. The zero-order valence-electron chi connectivity index (χ0n) is 13.3. The molecule has 2 fully saturated rings. The van der Waals surface area contributed by atoms with Gasteiger partial charge < -0.3 is 4.74 Å². The molecule has 0 bridgehead atoms. The summed E-state index contributed by atoms with van der Waals surface area (Å²) in [7, 11) is -3.17. The molecule has 1 aromatic rings. The van der Waals surface area contributed by atoms with Gasteiger partial charge >= 0.3 is 0 Å². The Labute approximate surface area is 137 Å². The van der Waals surface area contributed by atoms with Gasteiger partial charge in [-0.2, -0.15) is 0 Å². The van der Waals surface area contributed by atoms with Crippen molar-refractivity contribution in [2.24, 2.45) is 11.8 Å². The van der Waals surface area contributed by atoms with Crippen LogP contribution in [-0.2, 0) is 21.2 Å². The van der Waals surface area contributed by atoms with Gasteiger partial charge in [-0.3, -0.25) is 0 Å². The first kappa shape index (κ1) is 16.9. The summed E-state index contributed by atoms with van der Waals surface area (Å²) in [5.74, 6) is 0.565. The Morgan fingerprint density at radius 3 is 2.48 bits per heavy atom. The molecule has 2 heterocycles. The van der Waals surface area contributed by atoms with Crippen LogP contribution in [0, 0.1) is 17.7 Å². The van der Waals surface area contributed by atoms with E-state index >= 15 is 0 Å². The number of hydrogen-bond acceptors (Lipinski definition) is 3. The monoisotopic (exact) mass is 341 g/mol. The summed E-state index contributed by atoms with van der Waals surface area (Å²) in [4.78, 5) is 0. The molecular formula is C17H24FNO3S. The van der Waals surface area contributed by atoms with E-state index in [0.717, 1.165) is 31.2 Å². The highest BCUT2D eigenvalue weighted by Gasteiger charge is 2.33. The van der Waals surface area contributed by atoms with Gasteiger partial charge in [0, 0.05) is 26.3 Å². The smallest absolute Gasteiger partial charge is 0.214 e.